The summed E-state index contributed by atoms with van der Waals surface area (Å²) >= 11 is 1.77. The molecule has 6 nitrogen and oxygen atoms in total. The Bertz CT molecular complexity index is 912. The Labute approximate surface area is 182 Å². The number of carbonyl (C=O) groups excluding carboxylic acids is 1. The molecule has 2 amide bonds. The number of fused-ring (bicyclic) bond motifs is 2. The van der Waals surface area contributed by atoms with Crippen LogP contribution in [0, 0.1) is 6.92 Å². The number of urea groups is 1. The quantitative estimate of drug-likeness (QED) is 0.799. The van der Waals surface area contributed by atoms with Crippen molar-refractivity contribution < 1.29 is 4.79 Å². The van der Waals surface area contributed by atoms with Crippen molar-refractivity contribution in [1.29, 1.82) is 0 Å². The molecule has 2 saturated heterocycles. The number of thiazole rings is 1. The van der Waals surface area contributed by atoms with Crippen LogP contribution < -0.4 is 15.1 Å². The molecule has 0 unspecified atom stereocenters. The van der Waals surface area contributed by atoms with Crippen LogP contribution in [0.1, 0.15) is 36.9 Å². The van der Waals surface area contributed by atoms with Crippen molar-refractivity contribution in [3.63, 3.8) is 0 Å². The van der Waals surface area contributed by atoms with Crippen LogP contribution in [-0.2, 0) is 5.41 Å². The van der Waals surface area contributed by atoms with Gasteiger partial charge < -0.3 is 15.1 Å². The van der Waals surface area contributed by atoms with Gasteiger partial charge in [-0.15, -0.1) is 11.3 Å². The first-order valence-electron chi connectivity index (χ1n) is 11.1. The minimum absolute atomic E-state index is 0.00606. The number of benzene rings is 1. The lowest BCUT2D eigenvalue weighted by Gasteiger charge is -2.45. The van der Waals surface area contributed by atoms with Crippen LogP contribution in [0.4, 0.5) is 15.6 Å². The second-order valence-electron chi connectivity index (χ2n) is 8.96. The molecule has 2 aromatic rings. The maximum Gasteiger partial charge on any atom is 0.321 e. The summed E-state index contributed by atoms with van der Waals surface area (Å²) < 4.78 is 0. The molecule has 0 aliphatic carbocycles. The Morgan fingerprint density at radius 3 is 2.57 bits per heavy atom. The van der Waals surface area contributed by atoms with Gasteiger partial charge in [0, 0.05) is 49.2 Å². The molecule has 1 aromatic carbocycles. The van der Waals surface area contributed by atoms with Crippen molar-refractivity contribution in [2.75, 3.05) is 49.6 Å². The van der Waals surface area contributed by atoms with Crippen LogP contribution in [0.2, 0.25) is 0 Å². The van der Waals surface area contributed by atoms with E-state index in [1.54, 1.807) is 18.4 Å². The van der Waals surface area contributed by atoms with Gasteiger partial charge in [0.1, 0.15) is 0 Å². The summed E-state index contributed by atoms with van der Waals surface area (Å²) in [5.41, 5.74) is 3.69. The van der Waals surface area contributed by atoms with E-state index in [1.165, 1.54) is 23.5 Å². The predicted molar refractivity (Wildman–Crippen MR) is 123 cm³/mol. The maximum atomic E-state index is 12.5. The Hall–Kier alpha value is -2.12. The SMILES string of the molecule is CNC(=O)N1CC2(CCN(C3CCN(c4nc(C)cs4)CC3)CC2)c2ccccc21. The zero-order valence-corrected chi connectivity index (χ0v) is 18.7. The van der Waals surface area contributed by atoms with E-state index in [0.717, 1.165) is 56.9 Å². The van der Waals surface area contributed by atoms with E-state index >= 15 is 0 Å². The van der Waals surface area contributed by atoms with Gasteiger partial charge in [-0.1, -0.05) is 18.2 Å². The maximum absolute atomic E-state index is 12.5. The summed E-state index contributed by atoms with van der Waals surface area (Å²) in [6, 6.07) is 9.18. The van der Waals surface area contributed by atoms with Crippen molar-refractivity contribution in [1.82, 2.24) is 15.2 Å². The van der Waals surface area contributed by atoms with Gasteiger partial charge >= 0.3 is 6.03 Å². The first-order valence-corrected chi connectivity index (χ1v) is 12.0. The van der Waals surface area contributed by atoms with Crippen molar-refractivity contribution in [3.8, 4) is 0 Å². The number of aromatic nitrogens is 1. The molecule has 5 rings (SSSR count). The highest BCUT2D eigenvalue weighted by Crippen LogP contribution is 2.47. The number of amides is 2. The number of likely N-dealkylation sites (tertiary alicyclic amines) is 1. The molecular weight excluding hydrogens is 394 g/mol. The van der Waals surface area contributed by atoms with Crippen LogP contribution in [0.15, 0.2) is 29.6 Å². The Balaban J connectivity index is 1.23. The molecule has 2 fully saturated rings. The lowest BCUT2D eigenvalue weighted by atomic mass is 9.74. The van der Waals surface area contributed by atoms with E-state index in [9.17, 15) is 4.79 Å². The van der Waals surface area contributed by atoms with Gasteiger partial charge in [0.15, 0.2) is 5.13 Å². The average molecular weight is 426 g/mol. The lowest BCUT2D eigenvalue weighted by molar-refractivity contribution is 0.105. The molecule has 1 spiro atoms. The third-order valence-electron chi connectivity index (χ3n) is 7.30. The van der Waals surface area contributed by atoms with Crippen molar-refractivity contribution in [2.45, 2.75) is 44.1 Å². The summed E-state index contributed by atoms with van der Waals surface area (Å²) in [5.74, 6) is 0. The van der Waals surface area contributed by atoms with Crippen molar-refractivity contribution >= 4 is 28.2 Å². The number of aryl methyl sites for hydroxylation is 1. The first-order chi connectivity index (χ1) is 14.6. The molecule has 3 aliphatic heterocycles. The molecule has 4 heterocycles. The molecule has 0 radical (unpaired) electrons. The van der Waals surface area contributed by atoms with Crippen LogP contribution >= 0.6 is 11.3 Å². The number of rotatable bonds is 2. The molecule has 3 aliphatic rings. The first kappa shape index (κ1) is 19.8. The molecule has 160 valence electrons. The fourth-order valence-corrected chi connectivity index (χ4v) is 6.46. The fourth-order valence-electron chi connectivity index (χ4n) is 5.60. The van der Waals surface area contributed by atoms with Gasteiger partial charge in [0.2, 0.25) is 0 Å². The second kappa shape index (κ2) is 7.85. The Kier molecular flexibility index (Phi) is 5.19. The highest BCUT2D eigenvalue weighted by molar-refractivity contribution is 7.13. The van der Waals surface area contributed by atoms with Gasteiger partial charge in [-0.25, -0.2) is 9.78 Å². The topological polar surface area (TPSA) is 51.7 Å². The summed E-state index contributed by atoms with van der Waals surface area (Å²) in [6.07, 6.45) is 4.69. The van der Waals surface area contributed by atoms with Gasteiger partial charge in [0.25, 0.3) is 0 Å². The van der Waals surface area contributed by atoms with Gasteiger partial charge in [0.05, 0.1) is 5.69 Å². The number of para-hydroxylation sites is 1. The summed E-state index contributed by atoms with van der Waals surface area (Å²) in [5, 5.41) is 6.14. The summed E-state index contributed by atoms with van der Waals surface area (Å²) in [4.78, 5) is 24.2. The smallest absolute Gasteiger partial charge is 0.321 e. The lowest BCUT2D eigenvalue weighted by Crippen LogP contribution is -2.52. The van der Waals surface area contributed by atoms with Crippen LogP contribution in [0.5, 0.6) is 0 Å². The number of carbonyl (C=O) groups is 1. The highest BCUT2D eigenvalue weighted by atomic mass is 32.1. The van der Waals surface area contributed by atoms with Gasteiger partial charge in [-0.3, -0.25) is 4.90 Å². The zero-order chi connectivity index (χ0) is 20.7. The number of nitrogens with one attached hydrogen (secondary N) is 1. The van der Waals surface area contributed by atoms with E-state index in [1.807, 2.05) is 11.0 Å². The van der Waals surface area contributed by atoms with E-state index in [-0.39, 0.29) is 11.4 Å². The van der Waals surface area contributed by atoms with Crippen LogP contribution in [-0.4, -0.2) is 61.7 Å². The number of nitrogens with zero attached hydrogens (tertiary/aromatic N) is 4. The molecule has 30 heavy (non-hydrogen) atoms. The van der Waals surface area contributed by atoms with Gasteiger partial charge in [-0.05, 0) is 57.3 Å². The van der Waals surface area contributed by atoms with Crippen LogP contribution in [0.25, 0.3) is 0 Å². The zero-order valence-electron chi connectivity index (χ0n) is 17.9. The van der Waals surface area contributed by atoms with Gasteiger partial charge in [-0.2, -0.15) is 0 Å². The Morgan fingerprint density at radius 2 is 1.90 bits per heavy atom. The number of hydrogen-bond donors (Lipinski definition) is 1. The molecule has 1 N–H and O–H groups in total. The van der Waals surface area contributed by atoms with Crippen molar-refractivity contribution in [2.24, 2.45) is 0 Å². The normalized spacial score (nSPS) is 21.8. The fraction of sp³-hybridized carbons (Fsp3) is 0.565. The highest BCUT2D eigenvalue weighted by Gasteiger charge is 2.46. The number of piperidine rings is 2. The largest absolute Gasteiger partial charge is 0.348 e. The second-order valence-corrected chi connectivity index (χ2v) is 9.80. The molecule has 7 heteroatoms. The number of hydrogen-bond acceptors (Lipinski definition) is 5. The molecule has 0 bridgehead atoms. The molecular formula is C23H31N5OS. The monoisotopic (exact) mass is 425 g/mol. The Morgan fingerprint density at radius 1 is 1.17 bits per heavy atom. The minimum atomic E-state index is 0.00606. The predicted octanol–water partition coefficient (Wildman–Crippen LogP) is 3.61. The van der Waals surface area contributed by atoms with Crippen LogP contribution in [0.3, 0.4) is 0 Å². The van der Waals surface area contributed by atoms with E-state index < -0.39 is 0 Å². The molecule has 1 aromatic heterocycles. The third kappa shape index (κ3) is 3.38. The standard InChI is InChI=1S/C23H31N5OS/c1-17-15-30-22(25-17)27-11-7-18(8-12-27)26-13-9-23(10-14-26)16-28(21(29)24-2)20-6-4-3-5-19(20)23/h3-6,15,18H,7-14,16H2,1-2H3,(H,24,29). The third-order valence-corrected chi connectivity index (χ3v) is 8.32. The average Bonchev–Trinajstić information content (AvgIpc) is 3.36. The summed E-state index contributed by atoms with van der Waals surface area (Å²) in [7, 11) is 1.72. The van der Waals surface area contributed by atoms with E-state index in [0.29, 0.717) is 6.04 Å². The summed E-state index contributed by atoms with van der Waals surface area (Å²) in [6.45, 7) is 7.33. The van der Waals surface area contributed by atoms with Crippen molar-refractivity contribution in [3.05, 3.63) is 40.9 Å². The molecule has 0 saturated carbocycles. The molecule has 0 atom stereocenters. The van der Waals surface area contributed by atoms with E-state index in [4.69, 9.17) is 0 Å². The van der Waals surface area contributed by atoms with E-state index in [2.05, 4.69) is 50.6 Å². The minimum Gasteiger partial charge on any atom is -0.348 e. The number of anilines is 2.